The Morgan fingerprint density at radius 3 is 2.41 bits per heavy atom. The predicted molar refractivity (Wildman–Crippen MR) is 63.4 cm³/mol. The summed E-state index contributed by atoms with van der Waals surface area (Å²) in [5.74, 6) is -0.728. The summed E-state index contributed by atoms with van der Waals surface area (Å²) in [4.78, 5) is 31.9. The highest BCUT2D eigenvalue weighted by Crippen LogP contribution is 2.10. The van der Waals surface area contributed by atoms with Crippen LogP contribution in [0.1, 0.15) is 29.4 Å². The molecule has 0 aliphatic rings. The molecular formula is C11H12N2O3S. The second kappa shape index (κ2) is 8.19. The molecule has 0 bridgehead atoms. The van der Waals surface area contributed by atoms with Crippen molar-refractivity contribution in [3.05, 3.63) is 22.4 Å². The summed E-state index contributed by atoms with van der Waals surface area (Å²) in [6, 6.07) is 5.13. The lowest BCUT2D eigenvalue weighted by Gasteiger charge is -1.90. The molecule has 0 aliphatic heterocycles. The van der Waals surface area contributed by atoms with Crippen LogP contribution >= 0.6 is 11.3 Å². The monoisotopic (exact) mass is 252 g/mol. The average Bonchev–Trinajstić information content (AvgIpc) is 2.69. The van der Waals surface area contributed by atoms with Gasteiger partial charge in [0, 0.05) is 0 Å². The molecular weight excluding hydrogens is 240 g/mol. The fourth-order valence-corrected chi connectivity index (χ4v) is 1.49. The Kier molecular flexibility index (Phi) is 7.22. The van der Waals surface area contributed by atoms with Crippen molar-refractivity contribution in [2.45, 2.75) is 19.8 Å². The molecule has 5 nitrogen and oxygen atoms in total. The third-order valence-corrected chi connectivity index (χ3v) is 2.37. The van der Waals surface area contributed by atoms with Gasteiger partial charge in [0.1, 0.15) is 12.2 Å². The van der Waals surface area contributed by atoms with E-state index in [0.29, 0.717) is 4.88 Å². The molecule has 17 heavy (non-hydrogen) atoms. The van der Waals surface area contributed by atoms with Crippen LogP contribution < -0.4 is 5.73 Å². The van der Waals surface area contributed by atoms with Crippen LogP contribution in [0.25, 0.3) is 0 Å². The van der Waals surface area contributed by atoms with Crippen molar-refractivity contribution >= 4 is 28.8 Å². The molecule has 1 aromatic rings. The number of primary amides is 1. The first-order valence-corrected chi connectivity index (χ1v) is 5.56. The number of hydrogen-bond acceptors (Lipinski definition) is 5. The van der Waals surface area contributed by atoms with E-state index < -0.39 is 5.91 Å². The van der Waals surface area contributed by atoms with E-state index in [9.17, 15) is 14.4 Å². The SMILES string of the molecule is CC(=O)CC(=O)c1cccs1.N#CCC(N)=O. The highest BCUT2D eigenvalue weighted by atomic mass is 32.1. The summed E-state index contributed by atoms with van der Waals surface area (Å²) in [7, 11) is 0. The molecule has 1 rings (SSSR count). The van der Waals surface area contributed by atoms with Gasteiger partial charge in [0.15, 0.2) is 5.78 Å². The van der Waals surface area contributed by atoms with Crippen molar-refractivity contribution in [2.75, 3.05) is 0 Å². The molecule has 0 aromatic carbocycles. The maximum atomic E-state index is 11.1. The van der Waals surface area contributed by atoms with E-state index in [1.807, 2.05) is 5.38 Å². The van der Waals surface area contributed by atoms with Crippen LogP contribution in [0.2, 0.25) is 0 Å². The minimum Gasteiger partial charge on any atom is -0.369 e. The summed E-state index contributed by atoms with van der Waals surface area (Å²) in [5, 5.41) is 9.51. The fourth-order valence-electron chi connectivity index (χ4n) is 0.828. The summed E-state index contributed by atoms with van der Waals surface area (Å²) < 4.78 is 0. The normalized spacial score (nSPS) is 8.47. The standard InChI is InChI=1S/C8H8O2S.C3H4N2O/c1-6(9)5-7(10)8-3-2-4-11-8;4-2-1-3(5)6/h2-4H,5H2,1H3;1H2,(H2,5,6). The van der Waals surface area contributed by atoms with Gasteiger partial charge in [0.25, 0.3) is 0 Å². The van der Waals surface area contributed by atoms with Crippen molar-refractivity contribution in [3.8, 4) is 6.07 Å². The van der Waals surface area contributed by atoms with Gasteiger partial charge in [0.2, 0.25) is 5.91 Å². The molecule has 90 valence electrons. The Morgan fingerprint density at radius 2 is 2.12 bits per heavy atom. The first-order chi connectivity index (χ1) is 7.97. The maximum absolute atomic E-state index is 11.1. The third kappa shape index (κ3) is 7.88. The molecule has 2 N–H and O–H groups in total. The van der Waals surface area contributed by atoms with Crippen LogP contribution in [0, 0.1) is 11.3 Å². The van der Waals surface area contributed by atoms with Gasteiger partial charge in [-0.05, 0) is 18.4 Å². The number of Topliss-reactive ketones (excluding diaryl/α,β-unsaturated/α-hetero) is 2. The molecule has 6 heteroatoms. The topological polar surface area (TPSA) is 101 Å². The number of amides is 1. The highest BCUT2D eigenvalue weighted by molar-refractivity contribution is 7.12. The zero-order chi connectivity index (χ0) is 13.3. The summed E-state index contributed by atoms with van der Waals surface area (Å²) in [5.41, 5.74) is 4.54. The lowest BCUT2D eigenvalue weighted by molar-refractivity contribution is -0.117. The number of thiophene rings is 1. The van der Waals surface area contributed by atoms with E-state index in [1.54, 1.807) is 18.2 Å². The van der Waals surface area contributed by atoms with Crippen LogP contribution in [0.3, 0.4) is 0 Å². The second-order valence-corrected chi connectivity index (χ2v) is 4.03. The highest BCUT2D eigenvalue weighted by Gasteiger charge is 2.08. The van der Waals surface area contributed by atoms with Crippen LogP contribution in [0.4, 0.5) is 0 Å². The number of nitrogens with zero attached hydrogens (tertiary/aromatic N) is 1. The van der Waals surface area contributed by atoms with Crippen molar-refractivity contribution < 1.29 is 14.4 Å². The van der Waals surface area contributed by atoms with Crippen LogP contribution in [0.15, 0.2) is 17.5 Å². The molecule has 0 unspecified atom stereocenters. The van der Waals surface area contributed by atoms with Crippen LogP contribution in [-0.4, -0.2) is 17.5 Å². The quantitative estimate of drug-likeness (QED) is 0.644. The number of nitrogens with two attached hydrogens (primary N) is 1. The average molecular weight is 252 g/mol. The van der Waals surface area contributed by atoms with Gasteiger partial charge < -0.3 is 5.73 Å². The molecule has 0 fully saturated rings. The van der Waals surface area contributed by atoms with Crippen molar-refractivity contribution in [2.24, 2.45) is 5.73 Å². The number of carbonyl (C=O) groups excluding carboxylic acids is 3. The fraction of sp³-hybridized carbons (Fsp3) is 0.273. The minimum atomic E-state index is -0.572. The number of hydrogen-bond donors (Lipinski definition) is 1. The molecule has 1 amide bonds. The lowest BCUT2D eigenvalue weighted by atomic mass is 10.2. The zero-order valence-corrected chi connectivity index (χ0v) is 10.1. The first-order valence-electron chi connectivity index (χ1n) is 4.68. The van der Waals surface area contributed by atoms with E-state index >= 15 is 0 Å². The molecule has 0 aliphatic carbocycles. The van der Waals surface area contributed by atoms with Gasteiger partial charge >= 0.3 is 0 Å². The summed E-state index contributed by atoms with van der Waals surface area (Å²) in [6.07, 6.45) is -0.152. The van der Waals surface area contributed by atoms with E-state index in [1.165, 1.54) is 18.3 Å². The number of carbonyl (C=O) groups is 3. The molecule has 1 aromatic heterocycles. The maximum Gasteiger partial charge on any atom is 0.231 e. The van der Waals surface area contributed by atoms with Gasteiger partial charge in [-0.15, -0.1) is 11.3 Å². The van der Waals surface area contributed by atoms with Crippen molar-refractivity contribution in [1.82, 2.24) is 0 Å². The van der Waals surface area contributed by atoms with Crippen molar-refractivity contribution in [3.63, 3.8) is 0 Å². The molecule has 0 atom stereocenters. The number of rotatable bonds is 4. The van der Waals surface area contributed by atoms with E-state index in [0.717, 1.165) is 0 Å². The third-order valence-electron chi connectivity index (χ3n) is 1.46. The van der Waals surface area contributed by atoms with E-state index in [2.05, 4.69) is 5.73 Å². The lowest BCUT2D eigenvalue weighted by Crippen LogP contribution is -2.07. The Hall–Kier alpha value is -2.00. The Morgan fingerprint density at radius 1 is 1.47 bits per heavy atom. The van der Waals surface area contributed by atoms with Crippen molar-refractivity contribution in [1.29, 1.82) is 5.26 Å². The van der Waals surface area contributed by atoms with Gasteiger partial charge in [-0.3, -0.25) is 14.4 Å². The Labute approximate surface area is 103 Å². The van der Waals surface area contributed by atoms with E-state index in [4.69, 9.17) is 5.26 Å². The minimum absolute atomic E-state index is 0.0283. The molecule has 1 heterocycles. The molecule has 0 radical (unpaired) electrons. The van der Waals surface area contributed by atoms with Gasteiger partial charge in [-0.2, -0.15) is 5.26 Å². The second-order valence-electron chi connectivity index (χ2n) is 3.08. The summed E-state index contributed by atoms with van der Waals surface area (Å²) >= 11 is 1.37. The van der Waals surface area contributed by atoms with Gasteiger partial charge in [0.05, 0.1) is 17.4 Å². The first kappa shape index (κ1) is 15.0. The number of nitriles is 1. The Balaban J connectivity index is 0.000000366. The van der Waals surface area contributed by atoms with Gasteiger partial charge in [-0.1, -0.05) is 6.07 Å². The van der Waals surface area contributed by atoms with Crippen LogP contribution in [0.5, 0.6) is 0 Å². The molecule has 0 saturated heterocycles. The predicted octanol–water partition coefficient (Wildman–Crippen LogP) is 1.30. The van der Waals surface area contributed by atoms with E-state index in [-0.39, 0.29) is 24.4 Å². The zero-order valence-electron chi connectivity index (χ0n) is 9.30. The largest absolute Gasteiger partial charge is 0.369 e. The molecule has 0 spiro atoms. The molecule has 0 saturated carbocycles. The van der Waals surface area contributed by atoms with Gasteiger partial charge in [-0.25, -0.2) is 0 Å². The summed E-state index contributed by atoms with van der Waals surface area (Å²) in [6.45, 7) is 1.42. The Bertz CT molecular complexity index is 432. The van der Waals surface area contributed by atoms with Crippen LogP contribution in [-0.2, 0) is 9.59 Å². The smallest absolute Gasteiger partial charge is 0.231 e. The number of ketones is 2.